The van der Waals surface area contributed by atoms with Crippen LogP contribution in [0.5, 0.6) is 0 Å². The van der Waals surface area contributed by atoms with Gasteiger partial charge in [0, 0.05) is 74.0 Å². The molecule has 2 saturated heterocycles. The van der Waals surface area contributed by atoms with Gasteiger partial charge in [-0.05, 0) is 43.0 Å². The minimum atomic E-state index is -0.533. The van der Waals surface area contributed by atoms with Gasteiger partial charge in [-0.2, -0.15) is 0 Å². The number of hydrazine groups is 2. The van der Waals surface area contributed by atoms with E-state index in [1.54, 1.807) is 24.5 Å². The normalized spacial score (nSPS) is 19.4. The molecule has 3 aromatic rings. The highest BCUT2D eigenvalue weighted by atomic mass is 35.5. The summed E-state index contributed by atoms with van der Waals surface area (Å²) in [5.74, 6) is 12.6. The molecule has 12 heteroatoms. The number of H-pyrrole nitrogens is 1. The number of carbonyl (C=O) groups excluding carboxylic acids is 1. The van der Waals surface area contributed by atoms with Gasteiger partial charge in [-0.1, -0.05) is 56.1 Å². The maximum atomic E-state index is 13.0. The van der Waals surface area contributed by atoms with E-state index >= 15 is 0 Å². The van der Waals surface area contributed by atoms with Crippen LogP contribution in [0, 0.1) is 0 Å². The van der Waals surface area contributed by atoms with E-state index in [0.29, 0.717) is 27.2 Å². The number of benzene rings is 1. The molecule has 0 saturated carbocycles. The Labute approximate surface area is 252 Å². The molecule has 5 N–H and O–H groups in total. The number of nitrogens with zero attached hydrogens (tertiary/aromatic N) is 6. The summed E-state index contributed by atoms with van der Waals surface area (Å²) < 4.78 is 0. The second-order valence-corrected chi connectivity index (χ2v) is 11.0. The maximum absolute atomic E-state index is 13.0. The molecule has 2 aliphatic heterocycles. The summed E-state index contributed by atoms with van der Waals surface area (Å²) in [4.78, 5) is 32.2. The summed E-state index contributed by atoms with van der Waals surface area (Å²) in [6.45, 7) is 10.4. The smallest absolute Gasteiger partial charge is 0.272 e. The number of carbonyl (C=O) groups is 1. The third-order valence-corrected chi connectivity index (χ3v) is 8.43. The lowest BCUT2D eigenvalue weighted by atomic mass is 9.95. The Morgan fingerprint density at radius 1 is 1.10 bits per heavy atom. The number of hydrogen-bond donors (Lipinski definition) is 3. The predicted octanol–water partition coefficient (Wildman–Crippen LogP) is 4.49. The fraction of sp³-hybridized carbons (Fsp3) is 0.483. The van der Waals surface area contributed by atoms with E-state index in [1.165, 1.54) is 0 Å². The molecule has 1 amide bonds. The summed E-state index contributed by atoms with van der Waals surface area (Å²) in [7, 11) is 0. The Hall–Kier alpha value is -2.73. The van der Waals surface area contributed by atoms with E-state index in [-0.39, 0.29) is 5.91 Å². The van der Waals surface area contributed by atoms with E-state index in [0.717, 1.165) is 74.8 Å². The standard InChI is InChI=1S/C27H35Cl2N9O.C2H6/c1-2-21-17-36(26-23(29)15-19(16-34-26)25-32-9-10-33-25)13-14-37(21)22-7-11-35(12-8-22)24(27(39)38(30)31)18-3-5-20(28)6-4-18;1-2/h3-6,9-10,15-16,21-22,24H,2,7-8,11-14,17,30-31H2,1H3,(H,32,33);1-2H3. The first-order valence-electron chi connectivity index (χ1n) is 14.3. The molecule has 4 heterocycles. The summed E-state index contributed by atoms with van der Waals surface area (Å²) in [5.41, 5.74) is 1.71. The highest BCUT2D eigenvalue weighted by Gasteiger charge is 2.37. The quantitative estimate of drug-likeness (QED) is 0.206. The molecular weight excluding hydrogens is 561 g/mol. The van der Waals surface area contributed by atoms with Crippen LogP contribution in [0.3, 0.4) is 0 Å². The van der Waals surface area contributed by atoms with Crippen molar-refractivity contribution >= 4 is 34.9 Å². The molecule has 0 radical (unpaired) electrons. The summed E-state index contributed by atoms with van der Waals surface area (Å²) >= 11 is 12.8. The third kappa shape index (κ3) is 7.20. The van der Waals surface area contributed by atoms with Gasteiger partial charge in [-0.15, -0.1) is 0 Å². The van der Waals surface area contributed by atoms with E-state index in [4.69, 9.17) is 39.9 Å². The molecule has 1 aromatic carbocycles. The average Bonchev–Trinajstić information content (AvgIpc) is 3.54. The van der Waals surface area contributed by atoms with Crippen LogP contribution in [-0.4, -0.2) is 80.6 Å². The fourth-order valence-electron chi connectivity index (χ4n) is 5.89. The predicted molar refractivity (Wildman–Crippen MR) is 165 cm³/mol. The van der Waals surface area contributed by atoms with Crippen molar-refractivity contribution in [3.05, 3.63) is 64.5 Å². The zero-order valence-electron chi connectivity index (χ0n) is 24.0. The van der Waals surface area contributed by atoms with Crippen LogP contribution in [0.4, 0.5) is 5.82 Å². The number of rotatable bonds is 7. The first-order valence-corrected chi connectivity index (χ1v) is 15.1. The largest absolute Gasteiger partial charge is 0.353 e. The first kappa shape index (κ1) is 31.2. The number of piperidine rings is 1. The van der Waals surface area contributed by atoms with Gasteiger partial charge < -0.3 is 9.88 Å². The number of aromatic amines is 1. The van der Waals surface area contributed by atoms with Gasteiger partial charge in [0.1, 0.15) is 17.7 Å². The molecule has 0 aliphatic carbocycles. The highest BCUT2D eigenvalue weighted by Crippen LogP contribution is 2.33. The number of nitrogens with two attached hydrogens (primary N) is 2. The summed E-state index contributed by atoms with van der Waals surface area (Å²) in [6.07, 6.45) is 8.27. The summed E-state index contributed by atoms with van der Waals surface area (Å²) in [5, 5.41) is 1.95. The molecule has 0 spiro atoms. The van der Waals surface area contributed by atoms with E-state index in [2.05, 4.69) is 31.6 Å². The molecular formula is C29H41Cl2N9O. The molecule has 2 unspecified atom stereocenters. The van der Waals surface area contributed by atoms with Crippen LogP contribution >= 0.6 is 23.2 Å². The lowest BCUT2D eigenvalue weighted by molar-refractivity contribution is -0.138. The van der Waals surface area contributed by atoms with Crippen molar-refractivity contribution in [3.63, 3.8) is 0 Å². The van der Waals surface area contributed by atoms with Crippen LogP contribution in [-0.2, 0) is 4.79 Å². The average molecular weight is 603 g/mol. The zero-order valence-corrected chi connectivity index (χ0v) is 25.5. The van der Waals surface area contributed by atoms with Gasteiger partial charge in [-0.3, -0.25) is 14.6 Å². The minimum Gasteiger partial charge on any atom is -0.353 e. The van der Waals surface area contributed by atoms with Crippen LogP contribution in [0.2, 0.25) is 10.0 Å². The van der Waals surface area contributed by atoms with E-state index in [9.17, 15) is 4.79 Å². The fourth-order valence-corrected chi connectivity index (χ4v) is 6.31. The van der Waals surface area contributed by atoms with Gasteiger partial charge in [0.2, 0.25) is 0 Å². The van der Waals surface area contributed by atoms with Crippen molar-refractivity contribution in [2.75, 3.05) is 37.6 Å². The number of piperazine rings is 1. The second-order valence-electron chi connectivity index (χ2n) is 10.2. The van der Waals surface area contributed by atoms with Gasteiger partial charge >= 0.3 is 0 Å². The van der Waals surface area contributed by atoms with Gasteiger partial charge in [0.15, 0.2) is 0 Å². The van der Waals surface area contributed by atoms with Crippen LogP contribution < -0.4 is 16.6 Å². The Morgan fingerprint density at radius 2 is 1.80 bits per heavy atom. The van der Waals surface area contributed by atoms with Crippen molar-refractivity contribution in [2.24, 2.45) is 11.7 Å². The van der Waals surface area contributed by atoms with Crippen LogP contribution in [0.1, 0.15) is 51.6 Å². The minimum absolute atomic E-state index is 0.335. The highest BCUT2D eigenvalue weighted by molar-refractivity contribution is 6.33. The molecule has 2 aliphatic rings. The number of hydrogen-bond acceptors (Lipinski definition) is 8. The van der Waals surface area contributed by atoms with Crippen molar-refractivity contribution in [2.45, 2.75) is 58.2 Å². The van der Waals surface area contributed by atoms with Crippen molar-refractivity contribution in [1.82, 2.24) is 29.9 Å². The number of amides is 1. The molecule has 2 fully saturated rings. The Bertz CT molecular complexity index is 1250. The molecule has 10 nitrogen and oxygen atoms in total. The number of imidazole rings is 1. The third-order valence-electron chi connectivity index (χ3n) is 7.90. The number of likely N-dealkylation sites (tertiary alicyclic amines) is 1. The van der Waals surface area contributed by atoms with Crippen molar-refractivity contribution in [3.8, 4) is 11.4 Å². The SMILES string of the molecule is CC.CCC1CN(c2ncc(-c3ncc[nH]3)cc2Cl)CCN1C1CCN(C(C(=O)N(N)N)c2ccc(Cl)cc2)CC1. The Balaban J connectivity index is 0.00000189. The maximum Gasteiger partial charge on any atom is 0.272 e. The van der Waals surface area contributed by atoms with Crippen LogP contribution in [0.25, 0.3) is 11.4 Å². The monoisotopic (exact) mass is 601 g/mol. The van der Waals surface area contributed by atoms with Gasteiger partial charge in [-0.25, -0.2) is 26.8 Å². The molecule has 0 bridgehead atoms. The lowest BCUT2D eigenvalue weighted by Gasteiger charge is -2.48. The van der Waals surface area contributed by atoms with E-state index < -0.39 is 6.04 Å². The van der Waals surface area contributed by atoms with E-state index in [1.807, 2.05) is 38.2 Å². The topological polar surface area (TPSA) is 124 Å². The molecule has 41 heavy (non-hydrogen) atoms. The Kier molecular flexibility index (Phi) is 11.0. The molecule has 222 valence electrons. The summed E-state index contributed by atoms with van der Waals surface area (Å²) in [6, 6.07) is 9.53. The van der Waals surface area contributed by atoms with Gasteiger partial charge in [0.25, 0.3) is 5.91 Å². The van der Waals surface area contributed by atoms with Gasteiger partial charge in [0.05, 0.1) is 5.02 Å². The number of halogens is 2. The molecule has 5 rings (SSSR count). The first-order chi connectivity index (χ1) is 19.9. The van der Waals surface area contributed by atoms with Crippen LogP contribution in [0.15, 0.2) is 48.9 Å². The zero-order chi connectivity index (χ0) is 29.5. The van der Waals surface area contributed by atoms with Crippen molar-refractivity contribution < 1.29 is 4.79 Å². The molecule has 2 atom stereocenters. The lowest BCUT2D eigenvalue weighted by Crippen LogP contribution is -2.59. The molecule has 2 aromatic heterocycles. The second kappa shape index (κ2) is 14.4. The number of anilines is 1. The number of nitrogens with one attached hydrogen (secondary N) is 1. The number of aromatic nitrogens is 3. The van der Waals surface area contributed by atoms with Crippen molar-refractivity contribution in [1.29, 1.82) is 0 Å². The number of pyridine rings is 1. The Morgan fingerprint density at radius 3 is 2.39 bits per heavy atom.